The second kappa shape index (κ2) is 8.46. The van der Waals surface area contributed by atoms with Crippen LogP contribution in [0.5, 0.6) is 0 Å². The summed E-state index contributed by atoms with van der Waals surface area (Å²) in [6.07, 6.45) is 4.76. The number of carbonyl (C=O) groups is 1. The predicted octanol–water partition coefficient (Wildman–Crippen LogP) is 4.33. The Morgan fingerprint density at radius 1 is 1.26 bits per heavy atom. The number of hydrogen-bond donors (Lipinski definition) is 2. The fraction of sp³-hybridized carbons (Fsp3) is 0.400. The number of aromatic nitrogens is 1. The van der Waals surface area contributed by atoms with Gasteiger partial charge >= 0.3 is 0 Å². The lowest BCUT2D eigenvalue weighted by Crippen LogP contribution is -2.35. The number of pyridine rings is 1. The molecule has 144 valence electrons. The minimum absolute atomic E-state index is 0.0402. The molecule has 1 aliphatic rings. The van der Waals surface area contributed by atoms with Gasteiger partial charge in [0.2, 0.25) is 0 Å². The van der Waals surface area contributed by atoms with Crippen LogP contribution < -0.4 is 5.32 Å². The van der Waals surface area contributed by atoms with Gasteiger partial charge in [0.25, 0.3) is 5.91 Å². The number of rotatable bonds is 5. The topological polar surface area (TPSA) is 65.5 Å². The van der Waals surface area contributed by atoms with Gasteiger partial charge in [-0.2, -0.15) is 0 Å². The quantitative estimate of drug-likeness (QED) is 0.773. The fourth-order valence-electron chi connectivity index (χ4n) is 3.15. The maximum atomic E-state index is 12.6. The number of nitrogens with one attached hydrogen (secondary N) is 1. The van der Waals surface area contributed by atoms with E-state index in [4.69, 9.17) is 23.2 Å². The van der Waals surface area contributed by atoms with Crippen molar-refractivity contribution in [2.45, 2.75) is 31.8 Å². The first-order chi connectivity index (χ1) is 12.9. The third-order valence-corrected chi connectivity index (χ3v) is 5.30. The molecule has 1 fully saturated rings. The molecule has 0 spiro atoms. The van der Waals surface area contributed by atoms with Crippen LogP contribution in [0.15, 0.2) is 36.5 Å². The van der Waals surface area contributed by atoms with E-state index in [9.17, 15) is 9.90 Å². The van der Waals surface area contributed by atoms with E-state index < -0.39 is 5.60 Å². The molecular weight excluding hydrogens is 385 g/mol. The molecule has 0 aliphatic carbocycles. The summed E-state index contributed by atoms with van der Waals surface area (Å²) in [6.45, 7) is 3.44. The standard InChI is InChI=1S/C20H23Cl2N3O2/c1-20(27,15-6-5-7-16(21)11-15)13-24-18-17(22)10-14(12-23-18)19(26)25-8-3-2-4-9-25/h5-7,10-12,27H,2-4,8-9,13H2,1H3,(H,23,24). The molecule has 2 N–H and O–H groups in total. The van der Waals surface area contributed by atoms with Gasteiger partial charge in [0.05, 0.1) is 10.6 Å². The number of likely N-dealkylation sites (tertiary alicyclic amines) is 1. The molecule has 3 rings (SSSR count). The molecular formula is C20H23Cl2N3O2. The van der Waals surface area contributed by atoms with E-state index >= 15 is 0 Å². The van der Waals surface area contributed by atoms with E-state index in [2.05, 4.69) is 10.3 Å². The first-order valence-electron chi connectivity index (χ1n) is 9.04. The van der Waals surface area contributed by atoms with E-state index in [0.29, 0.717) is 27.0 Å². The summed E-state index contributed by atoms with van der Waals surface area (Å²) in [5.41, 5.74) is 0.0163. The lowest BCUT2D eigenvalue weighted by atomic mass is 9.96. The lowest BCUT2D eigenvalue weighted by Gasteiger charge is -2.27. The molecule has 1 aromatic heterocycles. The van der Waals surface area contributed by atoms with Crippen LogP contribution >= 0.6 is 23.2 Å². The van der Waals surface area contributed by atoms with Crippen LogP contribution in [0.3, 0.4) is 0 Å². The number of carbonyl (C=O) groups excluding carboxylic acids is 1. The minimum atomic E-state index is -1.15. The summed E-state index contributed by atoms with van der Waals surface area (Å²) < 4.78 is 0. The van der Waals surface area contributed by atoms with Crippen LogP contribution in [0.4, 0.5) is 5.82 Å². The van der Waals surface area contributed by atoms with Crippen molar-refractivity contribution in [3.63, 3.8) is 0 Å². The number of halogens is 2. The number of aliphatic hydroxyl groups is 1. The maximum Gasteiger partial charge on any atom is 0.255 e. The van der Waals surface area contributed by atoms with Gasteiger partial charge in [0, 0.05) is 30.9 Å². The number of hydrogen-bond acceptors (Lipinski definition) is 4. The second-order valence-electron chi connectivity index (χ2n) is 7.05. The summed E-state index contributed by atoms with van der Waals surface area (Å²) in [4.78, 5) is 18.7. The normalized spacial score (nSPS) is 16.7. The molecule has 1 aromatic carbocycles. The first-order valence-corrected chi connectivity index (χ1v) is 9.79. The number of amides is 1. The summed E-state index contributed by atoms with van der Waals surface area (Å²) in [5, 5.41) is 14.7. The van der Waals surface area contributed by atoms with Crippen molar-refractivity contribution in [3.8, 4) is 0 Å². The highest BCUT2D eigenvalue weighted by Crippen LogP contribution is 2.26. The van der Waals surface area contributed by atoms with Crippen molar-refractivity contribution in [1.82, 2.24) is 9.88 Å². The second-order valence-corrected chi connectivity index (χ2v) is 7.89. The Kier molecular flexibility index (Phi) is 6.25. The van der Waals surface area contributed by atoms with Crippen molar-refractivity contribution in [2.24, 2.45) is 0 Å². The van der Waals surface area contributed by atoms with Crippen LogP contribution in [0.25, 0.3) is 0 Å². The molecule has 0 saturated carbocycles. The van der Waals surface area contributed by atoms with E-state index in [-0.39, 0.29) is 12.5 Å². The van der Waals surface area contributed by atoms with Crippen molar-refractivity contribution in [3.05, 3.63) is 57.7 Å². The smallest absolute Gasteiger partial charge is 0.255 e. The number of piperidine rings is 1. The van der Waals surface area contributed by atoms with Crippen molar-refractivity contribution < 1.29 is 9.90 Å². The number of nitrogens with zero attached hydrogens (tertiary/aromatic N) is 2. The molecule has 0 radical (unpaired) electrons. The van der Waals surface area contributed by atoms with E-state index in [1.807, 2.05) is 11.0 Å². The molecule has 7 heteroatoms. The van der Waals surface area contributed by atoms with Gasteiger partial charge < -0.3 is 15.3 Å². The van der Waals surface area contributed by atoms with Gasteiger partial charge in [-0.15, -0.1) is 0 Å². The Morgan fingerprint density at radius 3 is 2.67 bits per heavy atom. The number of anilines is 1. The molecule has 1 unspecified atom stereocenters. The lowest BCUT2D eigenvalue weighted by molar-refractivity contribution is 0.0710. The molecule has 1 saturated heterocycles. The van der Waals surface area contributed by atoms with Crippen LogP contribution in [-0.2, 0) is 5.60 Å². The third kappa shape index (κ3) is 4.92. The van der Waals surface area contributed by atoms with Gasteiger partial charge in [0.1, 0.15) is 11.4 Å². The maximum absolute atomic E-state index is 12.6. The number of benzene rings is 1. The molecule has 1 amide bonds. The molecule has 1 aliphatic heterocycles. The molecule has 1 atom stereocenters. The SMILES string of the molecule is CC(O)(CNc1ncc(C(=O)N2CCCCC2)cc1Cl)c1cccc(Cl)c1. The average molecular weight is 408 g/mol. The van der Waals surface area contributed by atoms with E-state index in [1.165, 1.54) is 6.20 Å². The predicted molar refractivity (Wildman–Crippen MR) is 109 cm³/mol. The average Bonchev–Trinajstić information content (AvgIpc) is 2.67. The Balaban J connectivity index is 1.68. The zero-order valence-electron chi connectivity index (χ0n) is 15.2. The van der Waals surface area contributed by atoms with Crippen LogP contribution in [0.2, 0.25) is 10.0 Å². The van der Waals surface area contributed by atoms with Gasteiger partial charge in [-0.25, -0.2) is 4.98 Å². The molecule has 2 aromatic rings. The summed E-state index contributed by atoms with van der Waals surface area (Å²) in [7, 11) is 0. The highest BCUT2D eigenvalue weighted by molar-refractivity contribution is 6.33. The molecule has 2 heterocycles. The van der Waals surface area contributed by atoms with Crippen LogP contribution in [0, 0.1) is 0 Å². The third-order valence-electron chi connectivity index (χ3n) is 4.78. The first kappa shape index (κ1) is 19.9. The van der Waals surface area contributed by atoms with Gasteiger partial charge in [-0.1, -0.05) is 35.3 Å². The zero-order chi connectivity index (χ0) is 19.4. The summed E-state index contributed by atoms with van der Waals surface area (Å²) >= 11 is 12.3. The monoisotopic (exact) mass is 407 g/mol. The Hall–Kier alpha value is -1.82. The van der Waals surface area contributed by atoms with Crippen LogP contribution in [0.1, 0.15) is 42.1 Å². The molecule has 27 heavy (non-hydrogen) atoms. The fourth-order valence-corrected chi connectivity index (χ4v) is 3.57. The molecule has 0 bridgehead atoms. The molecule has 5 nitrogen and oxygen atoms in total. The van der Waals surface area contributed by atoms with Gasteiger partial charge in [-0.05, 0) is 49.9 Å². The minimum Gasteiger partial charge on any atom is -0.384 e. The van der Waals surface area contributed by atoms with Crippen molar-refractivity contribution in [1.29, 1.82) is 0 Å². The zero-order valence-corrected chi connectivity index (χ0v) is 16.7. The van der Waals surface area contributed by atoms with E-state index in [0.717, 1.165) is 32.4 Å². The highest BCUT2D eigenvalue weighted by Gasteiger charge is 2.24. The largest absolute Gasteiger partial charge is 0.384 e. The van der Waals surface area contributed by atoms with Crippen molar-refractivity contribution >= 4 is 34.9 Å². The summed E-state index contributed by atoms with van der Waals surface area (Å²) in [6, 6.07) is 8.70. The Morgan fingerprint density at radius 2 is 2.00 bits per heavy atom. The highest BCUT2D eigenvalue weighted by atomic mass is 35.5. The van der Waals surface area contributed by atoms with Gasteiger partial charge in [-0.3, -0.25) is 4.79 Å². The van der Waals surface area contributed by atoms with Gasteiger partial charge in [0.15, 0.2) is 0 Å². The Bertz CT molecular complexity index is 821. The van der Waals surface area contributed by atoms with Crippen LogP contribution in [-0.4, -0.2) is 40.5 Å². The van der Waals surface area contributed by atoms with E-state index in [1.54, 1.807) is 31.2 Å². The van der Waals surface area contributed by atoms with Crippen molar-refractivity contribution in [2.75, 3.05) is 25.0 Å². The Labute approximate surface area is 169 Å². The summed E-state index contributed by atoms with van der Waals surface area (Å²) in [5.74, 6) is 0.385.